The van der Waals surface area contributed by atoms with Crippen LogP contribution >= 0.6 is 0 Å². The van der Waals surface area contributed by atoms with Gasteiger partial charge in [-0.3, -0.25) is 9.69 Å². The van der Waals surface area contributed by atoms with Crippen LogP contribution in [0.4, 0.5) is 4.79 Å². The van der Waals surface area contributed by atoms with Gasteiger partial charge < -0.3 is 14.7 Å². The first-order valence-electron chi connectivity index (χ1n) is 8.18. The number of nitrogens with zero attached hydrogens (tertiary/aromatic N) is 2. The number of hydrogen-bond acceptors (Lipinski definition) is 4. The summed E-state index contributed by atoms with van der Waals surface area (Å²) in [5.41, 5.74) is -0.480. The molecule has 0 aromatic heterocycles. The van der Waals surface area contributed by atoms with Gasteiger partial charge in [-0.15, -0.1) is 0 Å². The number of ether oxygens (including phenoxy) is 1. The van der Waals surface area contributed by atoms with Gasteiger partial charge in [0.15, 0.2) is 0 Å². The zero-order valence-corrected chi connectivity index (χ0v) is 13.9. The predicted molar refractivity (Wildman–Crippen MR) is 82.8 cm³/mol. The number of piperidine rings is 1. The topological polar surface area (TPSA) is 70.1 Å². The Balaban J connectivity index is 1.90. The second kappa shape index (κ2) is 6.86. The SMILES string of the molecule is CC(C)(C)OC(=O)N(CC1CCCN(CC(=O)O)C1)C1CC1. The molecule has 0 spiro atoms. The molecule has 2 fully saturated rings. The first kappa shape index (κ1) is 17.1. The van der Waals surface area contributed by atoms with Gasteiger partial charge in [0.1, 0.15) is 5.60 Å². The minimum atomic E-state index is -0.785. The van der Waals surface area contributed by atoms with Crippen LogP contribution in [0.3, 0.4) is 0 Å². The van der Waals surface area contributed by atoms with Gasteiger partial charge in [0.05, 0.1) is 6.54 Å². The first-order valence-corrected chi connectivity index (χ1v) is 8.18. The molecular formula is C16H28N2O4. The van der Waals surface area contributed by atoms with Crippen molar-refractivity contribution in [3.8, 4) is 0 Å². The van der Waals surface area contributed by atoms with Crippen molar-refractivity contribution in [1.29, 1.82) is 0 Å². The largest absolute Gasteiger partial charge is 0.480 e. The van der Waals surface area contributed by atoms with E-state index >= 15 is 0 Å². The van der Waals surface area contributed by atoms with Gasteiger partial charge in [0, 0.05) is 19.1 Å². The van der Waals surface area contributed by atoms with Crippen molar-refractivity contribution in [2.45, 2.75) is 58.1 Å². The molecule has 0 aromatic carbocycles. The molecule has 1 saturated carbocycles. The Morgan fingerprint density at radius 1 is 1.27 bits per heavy atom. The number of carbonyl (C=O) groups excluding carboxylic acids is 1. The molecule has 126 valence electrons. The molecule has 0 bridgehead atoms. The molecule has 1 atom stereocenters. The molecule has 1 aliphatic heterocycles. The summed E-state index contributed by atoms with van der Waals surface area (Å²) in [4.78, 5) is 27.1. The smallest absolute Gasteiger partial charge is 0.410 e. The Bertz CT molecular complexity index is 415. The minimum absolute atomic E-state index is 0.0896. The fraction of sp³-hybridized carbons (Fsp3) is 0.875. The monoisotopic (exact) mass is 312 g/mol. The summed E-state index contributed by atoms with van der Waals surface area (Å²) >= 11 is 0. The van der Waals surface area contributed by atoms with Crippen LogP contribution in [0.5, 0.6) is 0 Å². The summed E-state index contributed by atoms with van der Waals surface area (Å²) in [6.07, 6.45) is 3.90. The highest BCUT2D eigenvalue weighted by Gasteiger charge is 2.37. The molecule has 1 amide bonds. The standard InChI is InChI=1S/C16H28N2O4/c1-16(2,3)22-15(21)18(13-6-7-13)10-12-5-4-8-17(9-12)11-14(19)20/h12-13H,4-11H2,1-3H3,(H,19,20). The molecule has 0 radical (unpaired) electrons. The summed E-state index contributed by atoms with van der Waals surface area (Å²) in [7, 11) is 0. The van der Waals surface area contributed by atoms with Gasteiger partial charge in [-0.1, -0.05) is 0 Å². The maximum Gasteiger partial charge on any atom is 0.410 e. The lowest BCUT2D eigenvalue weighted by Crippen LogP contribution is -2.46. The average molecular weight is 312 g/mol. The molecule has 1 saturated heterocycles. The van der Waals surface area contributed by atoms with Crippen LogP contribution in [0.15, 0.2) is 0 Å². The summed E-state index contributed by atoms with van der Waals surface area (Å²) in [5, 5.41) is 8.92. The van der Waals surface area contributed by atoms with Gasteiger partial charge in [0.25, 0.3) is 0 Å². The number of carboxylic acids is 1. The van der Waals surface area contributed by atoms with Gasteiger partial charge in [-0.05, 0) is 58.9 Å². The Morgan fingerprint density at radius 2 is 1.95 bits per heavy atom. The second-order valence-electron chi connectivity index (χ2n) is 7.50. The molecule has 1 unspecified atom stereocenters. The highest BCUT2D eigenvalue weighted by molar-refractivity contribution is 5.69. The molecule has 6 heteroatoms. The van der Waals surface area contributed by atoms with Crippen molar-refractivity contribution in [2.75, 3.05) is 26.2 Å². The van der Waals surface area contributed by atoms with Gasteiger partial charge in [0.2, 0.25) is 0 Å². The van der Waals surface area contributed by atoms with E-state index in [4.69, 9.17) is 9.84 Å². The van der Waals surface area contributed by atoms with E-state index < -0.39 is 11.6 Å². The summed E-state index contributed by atoms with van der Waals surface area (Å²) in [5.74, 6) is -0.451. The van der Waals surface area contributed by atoms with Crippen LogP contribution in [0.2, 0.25) is 0 Å². The van der Waals surface area contributed by atoms with Crippen LogP contribution in [-0.2, 0) is 9.53 Å². The maximum atomic E-state index is 12.4. The van der Waals surface area contributed by atoms with Crippen LogP contribution < -0.4 is 0 Å². The number of rotatable bonds is 5. The van der Waals surface area contributed by atoms with Crippen LogP contribution in [0.1, 0.15) is 46.5 Å². The third kappa shape index (κ3) is 5.48. The fourth-order valence-corrected chi connectivity index (χ4v) is 2.99. The summed E-state index contributed by atoms with van der Waals surface area (Å²) < 4.78 is 5.51. The molecule has 22 heavy (non-hydrogen) atoms. The normalized spacial score (nSPS) is 23.1. The van der Waals surface area contributed by atoms with E-state index in [1.54, 1.807) is 0 Å². The predicted octanol–water partition coefficient (Wildman–Crippen LogP) is 2.18. The van der Waals surface area contributed by atoms with Crippen LogP contribution in [0, 0.1) is 5.92 Å². The van der Waals surface area contributed by atoms with Gasteiger partial charge >= 0.3 is 12.1 Å². The number of amides is 1. The van der Waals surface area contributed by atoms with E-state index in [0.29, 0.717) is 18.5 Å². The van der Waals surface area contributed by atoms with Crippen LogP contribution in [0.25, 0.3) is 0 Å². The molecule has 2 aliphatic rings. The fourth-order valence-electron chi connectivity index (χ4n) is 2.99. The van der Waals surface area contributed by atoms with E-state index in [9.17, 15) is 9.59 Å². The zero-order valence-electron chi connectivity index (χ0n) is 13.9. The molecular weight excluding hydrogens is 284 g/mol. The number of carboxylic acid groups (broad SMARTS) is 1. The van der Waals surface area contributed by atoms with Gasteiger partial charge in [-0.25, -0.2) is 4.79 Å². The third-order valence-electron chi connectivity index (χ3n) is 4.03. The van der Waals surface area contributed by atoms with E-state index in [1.165, 1.54) is 0 Å². The Hall–Kier alpha value is -1.30. The van der Waals surface area contributed by atoms with E-state index in [-0.39, 0.29) is 12.6 Å². The molecule has 1 heterocycles. The number of likely N-dealkylation sites (tertiary alicyclic amines) is 1. The van der Waals surface area contributed by atoms with E-state index in [1.807, 2.05) is 30.6 Å². The molecule has 6 nitrogen and oxygen atoms in total. The van der Waals surface area contributed by atoms with E-state index in [2.05, 4.69) is 0 Å². The zero-order chi connectivity index (χ0) is 16.3. The third-order valence-corrected chi connectivity index (χ3v) is 4.03. The van der Waals surface area contributed by atoms with E-state index in [0.717, 1.165) is 38.8 Å². The van der Waals surface area contributed by atoms with Crippen molar-refractivity contribution < 1.29 is 19.4 Å². The first-order chi connectivity index (χ1) is 10.2. The summed E-state index contributed by atoms with van der Waals surface area (Å²) in [6, 6.07) is 0.310. The lowest BCUT2D eigenvalue weighted by atomic mass is 9.97. The molecule has 1 N–H and O–H groups in total. The van der Waals surface area contributed by atoms with Gasteiger partial charge in [-0.2, -0.15) is 0 Å². The number of hydrogen-bond donors (Lipinski definition) is 1. The second-order valence-corrected chi connectivity index (χ2v) is 7.50. The lowest BCUT2D eigenvalue weighted by molar-refractivity contribution is -0.138. The highest BCUT2D eigenvalue weighted by Crippen LogP contribution is 2.30. The Morgan fingerprint density at radius 3 is 2.50 bits per heavy atom. The maximum absolute atomic E-state index is 12.4. The quantitative estimate of drug-likeness (QED) is 0.842. The number of aliphatic carboxylic acids is 1. The minimum Gasteiger partial charge on any atom is -0.480 e. The molecule has 1 aliphatic carbocycles. The lowest BCUT2D eigenvalue weighted by Gasteiger charge is -2.35. The summed E-state index contributed by atoms with van der Waals surface area (Å²) in [6.45, 7) is 7.99. The highest BCUT2D eigenvalue weighted by atomic mass is 16.6. The van der Waals surface area contributed by atoms with Crippen molar-refractivity contribution in [1.82, 2.24) is 9.80 Å². The van der Waals surface area contributed by atoms with Crippen molar-refractivity contribution >= 4 is 12.1 Å². The van der Waals surface area contributed by atoms with Crippen molar-refractivity contribution in [2.24, 2.45) is 5.92 Å². The Kier molecular flexibility index (Phi) is 5.32. The average Bonchev–Trinajstić information content (AvgIpc) is 3.17. The number of carbonyl (C=O) groups is 2. The van der Waals surface area contributed by atoms with Crippen molar-refractivity contribution in [3.05, 3.63) is 0 Å². The molecule has 0 aromatic rings. The van der Waals surface area contributed by atoms with Crippen molar-refractivity contribution in [3.63, 3.8) is 0 Å². The van der Waals surface area contributed by atoms with Crippen LogP contribution in [-0.4, -0.2) is 64.8 Å². The molecule has 2 rings (SSSR count). The Labute approximate surface area is 132 Å².